The molecule has 1 fully saturated rings. The first kappa shape index (κ1) is 14.8. The van der Waals surface area contributed by atoms with E-state index >= 15 is 0 Å². The van der Waals surface area contributed by atoms with Crippen LogP contribution in [0, 0.1) is 25.7 Å². The molecule has 0 bridgehead atoms. The van der Waals surface area contributed by atoms with Crippen molar-refractivity contribution in [3.8, 4) is 5.75 Å². The number of hydrogen-bond acceptors (Lipinski definition) is 4. The molecule has 0 unspecified atom stereocenters. The maximum absolute atomic E-state index is 12.4. The van der Waals surface area contributed by atoms with Gasteiger partial charge in [0.15, 0.2) is 0 Å². The lowest BCUT2D eigenvalue weighted by molar-refractivity contribution is -0.120. The van der Waals surface area contributed by atoms with Crippen LogP contribution in [0.4, 0.5) is 0 Å². The summed E-state index contributed by atoms with van der Waals surface area (Å²) in [5, 5.41) is 0. The second-order valence-corrected chi connectivity index (χ2v) is 7.05. The molecule has 1 aliphatic rings. The summed E-state index contributed by atoms with van der Waals surface area (Å²) in [4.78, 5) is 11.9. The number of aryl methyl sites for hydroxylation is 2. The molecule has 2 atom stereocenters. The molecular weight excluding hydrogens is 278 g/mol. The summed E-state index contributed by atoms with van der Waals surface area (Å²) >= 11 is 0. The molecular formula is C14H19NO4S. The van der Waals surface area contributed by atoms with Gasteiger partial charge in [0, 0.05) is 5.92 Å². The van der Waals surface area contributed by atoms with Crippen LogP contribution in [-0.4, -0.2) is 21.4 Å². The third-order valence-corrected chi connectivity index (χ3v) is 4.91. The normalized spacial score (nSPS) is 21.4. The van der Waals surface area contributed by atoms with Crippen molar-refractivity contribution in [3.63, 3.8) is 0 Å². The molecule has 0 radical (unpaired) electrons. The molecule has 20 heavy (non-hydrogen) atoms. The predicted molar refractivity (Wildman–Crippen MR) is 75.1 cm³/mol. The third-order valence-electron chi connectivity index (χ3n) is 3.56. The fourth-order valence-corrected chi connectivity index (χ4v) is 3.68. The number of benzene rings is 1. The van der Waals surface area contributed by atoms with Gasteiger partial charge in [0.05, 0.1) is 7.11 Å². The molecule has 1 aromatic carbocycles. The molecule has 1 N–H and O–H groups in total. The number of hydrogen-bond donors (Lipinski definition) is 1. The number of sulfonamides is 1. The number of carbonyl (C=O) groups excluding carboxylic acids is 1. The van der Waals surface area contributed by atoms with Gasteiger partial charge in [-0.2, -0.15) is 0 Å². The van der Waals surface area contributed by atoms with Gasteiger partial charge >= 0.3 is 0 Å². The molecule has 1 aliphatic carbocycles. The summed E-state index contributed by atoms with van der Waals surface area (Å²) in [5.41, 5.74) is 1.52. The topological polar surface area (TPSA) is 72.5 Å². The van der Waals surface area contributed by atoms with Crippen LogP contribution in [0.15, 0.2) is 17.0 Å². The Bertz CT molecular complexity index is 651. The molecule has 2 rings (SSSR count). The highest BCUT2D eigenvalue weighted by molar-refractivity contribution is 7.90. The lowest BCUT2D eigenvalue weighted by atomic mass is 10.1. The maximum atomic E-state index is 12.4. The highest BCUT2D eigenvalue weighted by Gasteiger charge is 2.41. The minimum absolute atomic E-state index is 0.0131. The summed E-state index contributed by atoms with van der Waals surface area (Å²) in [5.74, 6) is -0.0912. The van der Waals surface area contributed by atoms with Crippen molar-refractivity contribution in [3.05, 3.63) is 23.3 Å². The van der Waals surface area contributed by atoms with Crippen molar-refractivity contribution in [1.82, 2.24) is 4.72 Å². The lowest BCUT2D eigenvalue weighted by Crippen LogP contribution is -2.32. The molecule has 1 saturated carbocycles. The average Bonchev–Trinajstić information content (AvgIpc) is 3.05. The van der Waals surface area contributed by atoms with Crippen molar-refractivity contribution in [1.29, 1.82) is 0 Å². The number of ether oxygens (including phenoxy) is 1. The van der Waals surface area contributed by atoms with E-state index < -0.39 is 15.9 Å². The fourth-order valence-electron chi connectivity index (χ4n) is 2.33. The standard InChI is InChI=1S/C14H19NO4S/c1-8-5-10(3)13(19-4)12(6-8)20(17,18)15-14(16)11-7-9(11)2/h5-6,9,11H,7H2,1-4H3,(H,15,16)/t9-,11-/m0/s1. The Kier molecular flexibility index (Phi) is 3.77. The summed E-state index contributed by atoms with van der Waals surface area (Å²) in [7, 11) is -2.48. The van der Waals surface area contributed by atoms with E-state index in [1.54, 1.807) is 13.8 Å². The van der Waals surface area contributed by atoms with E-state index in [-0.39, 0.29) is 22.5 Å². The van der Waals surface area contributed by atoms with E-state index in [1.165, 1.54) is 13.2 Å². The molecule has 1 amide bonds. The Morgan fingerprint density at radius 3 is 2.45 bits per heavy atom. The maximum Gasteiger partial charge on any atom is 0.267 e. The lowest BCUT2D eigenvalue weighted by Gasteiger charge is -2.13. The number of carbonyl (C=O) groups is 1. The van der Waals surface area contributed by atoms with E-state index in [1.807, 2.05) is 13.0 Å². The number of amides is 1. The van der Waals surface area contributed by atoms with Gasteiger partial charge in [0.2, 0.25) is 5.91 Å². The first-order chi connectivity index (χ1) is 9.26. The van der Waals surface area contributed by atoms with Crippen LogP contribution in [-0.2, 0) is 14.8 Å². The average molecular weight is 297 g/mol. The van der Waals surface area contributed by atoms with Crippen molar-refractivity contribution >= 4 is 15.9 Å². The van der Waals surface area contributed by atoms with Crippen LogP contribution in [0.3, 0.4) is 0 Å². The first-order valence-electron chi connectivity index (χ1n) is 6.48. The highest BCUT2D eigenvalue weighted by Crippen LogP contribution is 2.38. The fraction of sp³-hybridized carbons (Fsp3) is 0.500. The first-order valence-corrected chi connectivity index (χ1v) is 7.96. The Morgan fingerprint density at radius 2 is 1.95 bits per heavy atom. The zero-order valence-electron chi connectivity index (χ0n) is 12.1. The van der Waals surface area contributed by atoms with Gasteiger partial charge in [-0.1, -0.05) is 13.0 Å². The van der Waals surface area contributed by atoms with Crippen molar-refractivity contribution in [2.75, 3.05) is 7.11 Å². The molecule has 0 saturated heterocycles. The predicted octanol–water partition coefficient (Wildman–Crippen LogP) is 1.77. The van der Waals surface area contributed by atoms with Crippen LogP contribution in [0.1, 0.15) is 24.5 Å². The van der Waals surface area contributed by atoms with E-state index in [4.69, 9.17) is 4.74 Å². The smallest absolute Gasteiger partial charge is 0.267 e. The Labute approximate surface area is 119 Å². The molecule has 110 valence electrons. The SMILES string of the molecule is COc1c(C)cc(C)cc1S(=O)(=O)NC(=O)[C@H]1C[C@@H]1C. The van der Waals surface area contributed by atoms with Crippen molar-refractivity contribution in [2.45, 2.75) is 32.1 Å². The third kappa shape index (κ3) is 2.80. The Morgan fingerprint density at radius 1 is 1.35 bits per heavy atom. The quantitative estimate of drug-likeness (QED) is 0.919. The van der Waals surface area contributed by atoms with Crippen molar-refractivity contribution < 1.29 is 17.9 Å². The molecule has 5 nitrogen and oxygen atoms in total. The summed E-state index contributed by atoms with van der Waals surface area (Å²) < 4.78 is 32.0. The minimum atomic E-state index is -3.90. The van der Waals surface area contributed by atoms with Crippen LogP contribution >= 0.6 is 0 Å². The minimum Gasteiger partial charge on any atom is -0.495 e. The summed E-state index contributed by atoms with van der Waals surface area (Å²) in [6, 6.07) is 3.35. The number of methoxy groups -OCH3 is 1. The van der Waals surface area contributed by atoms with Crippen LogP contribution in [0.25, 0.3) is 0 Å². The van der Waals surface area contributed by atoms with Gasteiger partial charge < -0.3 is 4.74 Å². The number of rotatable bonds is 4. The Balaban J connectivity index is 2.36. The van der Waals surface area contributed by atoms with Crippen molar-refractivity contribution in [2.24, 2.45) is 11.8 Å². The monoisotopic (exact) mass is 297 g/mol. The molecule has 0 spiro atoms. The van der Waals surface area contributed by atoms with E-state index in [0.717, 1.165) is 17.5 Å². The van der Waals surface area contributed by atoms with Gasteiger partial charge in [-0.25, -0.2) is 13.1 Å². The van der Waals surface area contributed by atoms with Gasteiger partial charge in [-0.05, 0) is 43.4 Å². The van der Waals surface area contributed by atoms with Gasteiger partial charge in [-0.3, -0.25) is 4.79 Å². The van der Waals surface area contributed by atoms with E-state index in [0.29, 0.717) is 0 Å². The Hall–Kier alpha value is -1.56. The second kappa shape index (κ2) is 5.09. The highest BCUT2D eigenvalue weighted by atomic mass is 32.2. The molecule has 0 aromatic heterocycles. The molecule has 6 heteroatoms. The zero-order valence-corrected chi connectivity index (χ0v) is 12.9. The molecule has 1 aromatic rings. The van der Waals surface area contributed by atoms with Crippen LogP contribution in [0.5, 0.6) is 5.75 Å². The van der Waals surface area contributed by atoms with E-state index in [2.05, 4.69) is 4.72 Å². The van der Waals surface area contributed by atoms with Gasteiger partial charge in [0.25, 0.3) is 10.0 Å². The van der Waals surface area contributed by atoms with E-state index in [9.17, 15) is 13.2 Å². The van der Waals surface area contributed by atoms with Crippen LogP contribution < -0.4 is 9.46 Å². The molecule has 0 aliphatic heterocycles. The molecule has 0 heterocycles. The largest absolute Gasteiger partial charge is 0.495 e. The summed E-state index contributed by atoms with van der Waals surface area (Å²) in [6.07, 6.45) is 0.741. The second-order valence-electron chi connectivity index (χ2n) is 5.40. The van der Waals surface area contributed by atoms with Crippen LogP contribution in [0.2, 0.25) is 0 Å². The number of nitrogens with one attached hydrogen (secondary N) is 1. The zero-order chi connectivity index (χ0) is 15.1. The summed E-state index contributed by atoms with van der Waals surface area (Å²) in [6.45, 7) is 5.50. The van der Waals surface area contributed by atoms with Gasteiger partial charge in [0.1, 0.15) is 10.6 Å². The van der Waals surface area contributed by atoms with Gasteiger partial charge in [-0.15, -0.1) is 0 Å².